The van der Waals surface area contributed by atoms with Crippen LogP contribution in [0.2, 0.25) is 0 Å². The molecule has 1 atom stereocenters. The highest BCUT2D eigenvalue weighted by Crippen LogP contribution is 2.27. The van der Waals surface area contributed by atoms with Crippen molar-refractivity contribution < 1.29 is 24.6 Å². The fraction of sp³-hybridized carbons (Fsp3) is 0.636. The van der Waals surface area contributed by atoms with E-state index in [0.29, 0.717) is 6.42 Å². The molecular formula is C22H32N4O5. The number of aryl methyl sites for hydroxylation is 2. The molecule has 9 nitrogen and oxygen atoms in total. The molecule has 4 N–H and O–H groups in total. The number of hydrogen-bond acceptors (Lipinski definition) is 6. The van der Waals surface area contributed by atoms with E-state index >= 15 is 0 Å². The Balaban J connectivity index is 1.42. The Kier molecular flexibility index (Phi) is 7.48. The number of unbranched alkanes of at least 4 members (excludes halogenated alkanes) is 1. The van der Waals surface area contributed by atoms with Gasteiger partial charge in [0.05, 0.1) is 5.60 Å². The summed E-state index contributed by atoms with van der Waals surface area (Å²) in [6.45, 7) is 2.72. The van der Waals surface area contributed by atoms with Gasteiger partial charge in [-0.3, -0.25) is 9.59 Å². The van der Waals surface area contributed by atoms with Gasteiger partial charge in [0, 0.05) is 38.7 Å². The summed E-state index contributed by atoms with van der Waals surface area (Å²) in [4.78, 5) is 41.6. The first kappa shape index (κ1) is 23.0. The molecule has 0 bridgehead atoms. The second-order valence-electron chi connectivity index (χ2n) is 8.50. The summed E-state index contributed by atoms with van der Waals surface area (Å²) in [6.07, 6.45) is 5.26. The lowest BCUT2D eigenvalue weighted by atomic mass is 9.84. The summed E-state index contributed by atoms with van der Waals surface area (Å²) in [5, 5.41) is 25.7. The molecule has 1 saturated heterocycles. The minimum atomic E-state index is -1.56. The summed E-state index contributed by atoms with van der Waals surface area (Å²) in [6, 6.07) is 2.82. The number of rotatable bonds is 8. The summed E-state index contributed by atoms with van der Waals surface area (Å²) in [5.74, 6) is -0.792. The third kappa shape index (κ3) is 5.94. The van der Waals surface area contributed by atoms with Crippen LogP contribution >= 0.6 is 0 Å². The fourth-order valence-electron chi connectivity index (χ4n) is 4.31. The first-order valence-electron chi connectivity index (χ1n) is 11.0. The predicted octanol–water partition coefficient (Wildman–Crippen LogP) is 1.10. The maximum Gasteiger partial charge on any atom is 0.329 e. The molecular weight excluding hydrogens is 400 g/mol. The lowest BCUT2D eigenvalue weighted by Crippen LogP contribution is -2.61. The van der Waals surface area contributed by atoms with Gasteiger partial charge in [-0.15, -0.1) is 0 Å². The van der Waals surface area contributed by atoms with Crippen LogP contribution in [0, 0.1) is 0 Å². The van der Waals surface area contributed by atoms with Crippen molar-refractivity contribution in [1.29, 1.82) is 0 Å². The Morgan fingerprint density at radius 2 is 2.00 bits per heavy atom. The molecule has 3 rings (SSSR count). The van der Waals surface area contributed by atoms with Crippen molar-refractivity contribution in [3.8, 4) is 0 Å². The molecule has 0 aliphatic carbocycles. The molecule has 3 heterocycles. The Labute approximate surface area is 182 Å². The maximum absolute atomic E-state index is 12.5. The van der Waals surface area contributed by atoms with E-state index in [-0.39, 0.29) is 31.8 Å². The average molecular weight is 433 g/mol. The van der Waals surface area contributed by atoms with Crippen LogP contribution in [0.4, 0.5) is 5.82 Å². The van der Waals surface area contributed by atoms with Crippen molar-refractivity contribution in [1.82, 2.24) is 15.2 Å². The Morgan fingerprint density at radius 3 is 2.68 bits per heavy atom. The van der Waals surface area contributed by atoms with Crippen LogP contribution < -0.4 is 10.6 Å². The van der Waals surface area contributed by atoms with E-state index in [4.69, 9.17) is 0 Å². The minimum Gasteiger partial charge on any atom is -0.480 e. The number of carboxylic acid groups (broad SMARTS) is 1. The number of aromatic nitrogens is 1. The molecule has 2 aliphatic heterocycles. The first-order chi connectivity index (χ1) is 14.8. The van der Waals surface area contributed by atoms with Gasteiger partial charge in [0.25, 0.3) is 0 Å². The van der Waals surface area contributed by atoms with Crippen LogP contribution in [0.1, 0.15) is 56.7 Å². The van der Waals surface area contributed by atoms with E-state index in [0.717, 1.165) is 50.2 Å². The Morgan fingerprint density at radius 1 is 1.26 bits per heavy atom. The highest BCUT2D eigenvalue weighted by molar-refractivity contribution is 5.83. The van der Waals surface area contributed by atoms with Gasteiger partial charge >= 0.3 is 5.97 Å². The van der Waals surface area contributed by atoms with Gasteiger partial charge in [-0.1, -0.05) is 6.07 Å². The number of piperidine rings is 1. The van der Waals surface area contributed by atoms with Crippen LogP contribution in [0.5, 0.6) is 0 Å². The second kappa shape index (κ2) is 10.1. The molecule has 31 heavy (non-hydrogen) atoms. The second-order valence-corrected chi connectivity index (χ2v) is 8.50. The van der Waals surface area contributed by atoms with Crippen molar-refractivity contribution in [2.24, 2.45) is 0 Å². The van der Waals surface area contributed by atoms with Gasteiger partial charge < -0.3 is 25.7 Å². The number of aliphatic carboxylic acids is 1. The van der Waals surface area contributed by atoms with Crippen LogP contribution in [-0.2, 0) is 27.2 Å². The number of amides is 2. The topological polar surface area (TPSA) is 132 Å². The summed E-state index contributed by atoms with van der Waals surface area (Å²) >= 11 is 0. The van der Waals surface area contributed by atoms with Gasteiger partial charge in [0.15, 0.2) is 6.04 Å². The molecule has 170 valence electrons. The lowest BCUT2D eigenvalue weighted by Gasteiger charge is -2.41. The van der Waals surface area contributed by atoms with Gasteiger partial charge in [0.1, 0.15) is 5.82 Å². The lowest BCUT2D eigenvalue weighted by molar-refractivity contribution is -0.154. The number of carboxylic acids is 1. The Bertz CT molecular complexity index is 820. The number of fused-ring (bicyclic) bond motifs is 1. The van der Waals surface area contributed by atoms with Crippen LogP contribution in [-0.4, -0.2) is 69.2 Å². The SMILES string of the molecule is CC(=O)NC(C(=O)O)C1(O)CCN(C(=O)CCCCc2ccc3c(n2)NCCC3)CC1. The molecule has 2 amide bonds. The highest BCUT2D eigenvalue weighted by atomic mass is 16.4. The van der Waals surface area contributed by atoms with Crippen LogP contribution in [0.15, 0.2) is 12.1 Å². The number of anilines is 1. The van der Waals surface area contributed by atoms with Crippen molar-refractivity contribution in [3.05, 3.63) is 23.4 Å². The number of carbonyl (C=O) groups excluding carboxylic acids is 2. The van der Waals surface area contributed by atoms with E-state index in [1.54, 1.807) is 4.90 Å². The first-order valence-corrected chi connectivity index (χ1v) is 11.0. The third-order valence-electron chi connectivity index (χ3n) is 6.14. The number of pyridine rings is 1. The molecule has 1 fully saturated rings. The molecule has 2 aliphatic rings. The zero-order chi connectivity index (χ0) is 22.4. The van der Waals surface area contributed by atoms with E-state index in [9.17, 15) is 24.6 Å². The molecule has 1 unspecified atom stereocenters. The average Bonchev–Trinajstić information content (AvgIpc) is 2.75. The summed E-state index contributed by atoms with van der Waals surface area (Å²) < 4.78 is 0. The fourth-order valence-corrected chi connectivity index (χ4v) is 4.31. The Hall–Kier alpha value is -2.68. The number of nitrogens with zero attached hydrogens (tertiary/aromatic N) is 2. The predicted molar refractivity (Wildman–Crippen MR) is 115 cm³/mol. The monoisotopic (exact) mass is 432 g/mol. The van der Waals surface area contributed by atoms with Gasteiger partial charge in [-0.25, -0.2) is 9.78 Å². The quantitative estimate of drug-likeness (QED) is 0.452. The molecule has 0 radical (unpaired) electrons. The van der Waals surface area contributed by atoms with Crippen molar-refractivity contribution in [3.63, 3.8) is 0 Å². The third-order valence-corrected chi connectivity index (χ3v) is 6.14. The maximum atomic E-state index is 12.5. The van der Waals surface area contributed by atoms with Crippen molar-refractivity contribution >= 4 is 23.6 Å². The van der Waals surface area contributed by atoms with E-state index in [2.05, 4.69) is 27.8 Å². The largest absolute Gasteiger partial charge is 0.480 e. The molecule has 1 aromatic rings. The number of carbonyl (C=O) groups is 3. The standard InChI is InChI=1S/C22H32N4O5/c1-15(27)24-19(21(29)30)22(31)10-13-26(14-11-22)18(28)7-3-2-6-17-9-8-16-5-4-12-23-20(16)25-17/h8-9,19,31H,2-7,10-14H2,1H3,(H,23,25)(H,24,27)(H,29,30). The molecule has 0 spiro atoms. The molecule has 0 aromatic carbocycles. The smallest absolute Gasteiger partial charge is 0.329 e. The van der Waals surface area contributed by atoms with E-state index < -0.39 is 23.5 Å². The number of nitrogens with one attached hydrogen (secondary N) is 2. The van der Waals surface area contributed by atoms with Gasteiger partial charge in [0.2, 0.25) is 11.8 Å². The molecule has 9 heteroatoms. The summed E-state index contributed by atoms with van der Waals surface area (Å²) in [7, 11) is 0. The number of hydrogen-bond donors (Lipinski definition) is 4. The number of likely N-dealkylation sites (tertiary alicyclic amines) is 1. The minimum absolute atomic E-state index is 0.00789. The van der Waals surface area contributed by atoms with Crippen molar-refractivity contribution in [2.75, 3.05) is 25.0 Å². The summed E-state index contributed by atoms with van der Waals surface area (Å²) in [5.41, 5.74) is 0.737. The van der Waals surface area contributed by atoms with Crippen LogP contribution in [0.3, 0.4) is 0 Å². The van der Waals surface area contributed by atoms with E-state index in [1.165, 1.54) is 12.5 Å². The highest BCUT2D eigenvalue weighted by Gasteiger charge is 2.45. The van der Waals surface area contributed by atoms with E-state index in [1.807, 2.05) is 0 Å². The van der Waals surface area contributed by atoms with Crippen LogP contribution in [0.25, 0.3) is 0 Å². The number of aliphatic hydroxyl groups is 1. The van der Waals surface area contributed by atoms with Crippen molar-refractivity contribution in [2.45, 2.75) is 69.9 Å². The van der Waals surface area contributed by atoms with Gasteiger partial charge in [-0.05, 0) is 56.6 Å². The van der Waals surface area contributed by atoms with Gasteiger partial charge in [-0.2, -0.15) is 0 Å². The molecule has 0 saturated carbocycles. The zero-order valence-electron chi connectivity index (χ0n) is 18.0. The zero-order valence-corrected chi connectivity index (χ0v) is 18.0. The molecule has 1 aromatic heterocycles. The normalized spacial score (nSPS) is 18.5.